The fourth-order valence-electron chi connectivity index (χ4n) is 2.44. The van der Waals surface area contributed by atoms with Crippen molar-refractivity contribution in [3.05, 3.63) is 23.8 Å². The van der Waals surface area contributed by atoms with E-state index in [0.717, 1.165) is 16.3 Å². The molecule has 1 atom stereocenters. The van der Waals surface area contributed by atoms with Gasteiger partial charge in [0.15, 0.2) is 0 Å². The molecule has 0 saturated heterocycles. The van der Waals surface area contributed by atoms with Gasteiger partial charge in [0.25, 0.3) is 0 Å². The average molecular weight is 378 g/mol. The average Bonchev–Trinajstić information content (AvgIpc) is 2.76. The maximum atomic E-state index is 12.1. The lowest BCUT2D eigenvalue weighted by molar-refractivity contribution is -0.102. The lowest BCUT2D eigenvalue weighted by atomic mass is 9.85. The van der Waals surface area contributed by atoms with E-state index in [1.165, 1.54) is 7.05 Å². The van der Waals surface area contributed by atoms with Crippen molar-refractivity contribution < 1.29 is 22.1 Å². The van der Waals surface area contributed by atoms with Crippen LogP contribution in [0.4, 0.5) is 0 Å². The van der Waals surface area contributed by atoms with Crippen molar-refractivity contribution in [2.75, 3.05) is 26.1 Å². The standard InChI is InChI=1S/C16H24ClNO5S/c1-5-10-21-15-16(2,3)13-11-12(6-7-14(13)22-15)23-24(19,20)18(4)9-8-17/h6-7,11,15H,5,8-10H2,1-4H3. The Bertz CT molecular complexity index is 677. The van der Waals surface area contributed by atoms with Crippen LogP contribution < -0.4 is 8.92 Å². The normalized spacial score (nSPS) is 19.2. The van der Waals surface area contributed by atoms with Crippen molar-refractivity contribution in [1.29, 1.82) is 0 Å². The number of hydrogen-bond acceptors (Lipinski definition) is 5. The topological polar surface area (TPSA) is 65.1 Å². The van der Waals surface area contributed by atoms with Crippen LogP contribution in [-0.4, -0.2) is 45.1 Å². The summed E-state index contributed by atoms with van der Waals surface area (Å²) in [6.45, 7) is 6.80. The van der Waals surface area contributed by atoms with E-state index in [4.69, 9.17) is 25.3 Å². The summed E-state index contributed by atoms with van der Waals surface area (Å²) in [5, 5.41) is 0. The van der Waals surface area contributed by atoms with Gasteiger partial charge in [-0.3, -0.25) is 0 Å². The summed E-state index contributed by atoms with van der Waals surface area (Å²) in [5.74, 6) is 1.11. The second-order valence-corrected chi connectivity index (χ2v) is 8.28. The first-order valence-corrected chi connectivity index (χ1v) is 9.77. The number of nitrogens with zero attached hydrogens (tertiary/aromatic N) is 1. The molecule has 0 radical (unpaired) electrons. The third kappa shape index (κ3) is 3.96. The van der Waals surface area contributed by atoms with E-state index >= 15 is 0 Å². The Morgan fingerprint density at radius 3 is 2.71 bits per heavy atom. The Hall–Kier alpha value is -1.02. The summed E-state index contributed by atoms with van der Waals surface area (Å²) < 4.78 is 42.2. The number of rotatable bonds is 8. The van der Waals surface area contributed by atoms with Gasteiger partial charge >= 0.3 is 10.3 Å². The zero-order chi connectivity index (χ0) is 18.0. The van der Waals surface area contributed by atoms with Crippen LogP contribution in [0.3, 0.4) is 0 Å². The highest BCUT2D eigenvalue weighted by atomic mass is 35.5. The van der Waals surface area contributed by atoms with Crippen LogP contribution in [0, 0.1) is 0 Å². The third-order valence-corrected chi connectivity index (χ3v) is 5.44. The summed E-state index contributed by atoms with van der Waals surface area (Å²) in [6, 6.07) is 4.97. The first-order chi connectivity index (χ1) is 11.2. The minimum atomic E-state index is -3.88. The third-order valence-electron chi connectivity index (χ3n) is 3.92. The SMILES string of the molecule is CCCOC1Oc2ccc(OS(=O)(=O)N(C)CCCl)cc2C1(C)C. The smallest absolute Gasteiger partial charge is 0.384 e. The van der Waals surface area contributed by atoms with Gasteiger partial charge in [0, 0.05) is 25.0 Å². The van der Waals surface area contributed by atoms with Gasteiger partial charge in [0.2, 0.25) is 6.29 Å². The maximum absolute atomic E-state index is 12.1. The summed E-state index contributed by atoms with van der Waals surface area (Å²) in [6.07, 6.45) is 0.490. The Balaban J connectivity index is 2.22. The molecule has 8 heteroatoms. The van der Waals surface area contributed by atoms with Crippen LogP contribution in [-0.2, 0) is 20.5 Å². The number of benzene rings is 1. The summed E-state index contributed by atoms with van der Waals surface area (Å²) in [7, 11) is -2.46. The molecule has 1 aromatic rings. The first-order valence-electron chi connectivity index (χ1n) is 7.87. The number of alkyl halides is 1. The molecule has 1 heterocycles. The van der Waals surface area contributed by atoms with E-state index in [0.29, 0.717) is 12.4 Å². The zero-order valence-corrected chi connectivity index (χ0v) is 16.0. The predicted octanol–water partition coefficient (Wildman–Crippen LogP) is 2.90. The molecular weight excluding hydrogens is 354 g/mol. The fraction of sp³-hybridized carbons (Fsp3) is 0.625. The van der Waals surface area contributed by atoms with E-state index in [9.17, 15) is 8.42 Å². The van der Waals surface area contributed by atoms with Crippen molar-refractivity contribution in [1.82, 2.24) is 4.31 Å². The van der Waals surface area contributed by atoms with Crippen LogP contribution in [0.1, 0.15) is 32.8 Å². The van der Waals surface area contributed by atoms with Crippen molar-refractivity contribution in [2.45, 2.75) is 38.9 Å². The Morgan fingerprint density at radius 1 is 1.38 bits per heavy atom. The monoisotopic (exact) mass is 377 g/mol. The Morgan fingerprint density at radius 2 is 2.08 bits per heavy atom. The number of ether oxygens (including phenoxy) is 2. The van der Waals surface area contributed by atoms with Crippen molar-refractivity contribution in [3.8, 4) is 11.5 Å². The predicted molar refractivity (Wildman–Crippen MR) is 93.0 cm³/mol. The van der Waals surface area contributed by atoms with Crippen LogP contribution in [0.15, 0.2) is 18.2 Å². The summed E-state index contributed by atoms with van der Waals surface area (Å²) in [5.41, 5.74) is 0.451. The van der Waals surface area contributed by atoms with Crippen LogP contribution in [0.25, 0.3) is 0 Å². The largest absolute Gasteiger partial charge is 0.464 e. The first kappa shape index (κ1) is 19.3. The minimum absolute atomic E-state index is 0.177. The second-order valence-electron chi connectivity index (χ2n) is 6.25. The van der Waals surface area contributed by atoms with E-state index in [-0.39, 0.29) is 18.2 Å². The van der Waals surface area contributed by atoms with Gasteiger partial charge < -0.3 is 13.7 Å². The zero-order valence-electron chi connectivity index (χ0n) is 14.4. The Labute approximate surface area is 148 Å². The molecule has 0 N–H and O–H groups in total. The van der Waals surface area contributed by atoms with Gasteiger partial charge in [0.05, 0.1) is 12.0 Å². The van der Waals surface area contributed by atoms with Crippen molar-refractivity contribution >= 4 is 21.9 Å². The van der Waals surface area contributed by atoms with E-state index in [1.807, 2.05) is 20.8 Å². The van der Waals surface area contributed by atoms with Crippen LogP contribution >= 0.6 is 11.6 Å². The van der Waals surface area contributed by atoms with Crippen molar-refractivity contribution in [2.24, 2.45) is 0 Å². The van der Waals surface area contributed by atoms with Crippen LogP contribution in [0.2, 0.25) is 0 Å². The molecule has 1 aliphatic rings. The fourth-order valence-corrected chi connectivity index (χ4v) is 3.58. The van der Waals surface area contributed by atoms with Gasteiger partial charge in [-0.15, -0.1) is 11.6 Å². The molecule has 0 spiro atoms. The molecule has 0 amide bonds. The van der Waals surface area contributed by atoms with E-state index in [2.05, 4.69) is 0 Å². The molecular formula is C16H24ClNO5S. The highest BCUT2D eigenvalue weighted by Gasteiger charge is 2.43. The lowest BCUT2D eigenvalue weighted by Crippen LogP contribution is -2.35. The van der Waals surface area contributed by atoms with Crippen molar-refractivity contribution in [3.63, 3.8) is 0 Å². The highest BCUT2D eigenvalue weighted by molar-refractivity contribution is 7.84. The summed E-state index contributed by atoms with van der Waals surface area (Å²) >= 11 is 5.59. The van der Waals surface area contributed by atoms with Gasteiger partial charge in [0.1, 0.15) is 11.5 Å². The highest BCUT2D eigenvalue weighted by Crippen LogP contribution is 2.44. The van der Waals surface area contributed by atoms with Gasteiger partial charge in [-0.2, -0.15) is 12.7 Å². The molecule has 1 aliphatic heterocycles. The van der Waals surface area contributed by atoms with E-state index < -0.39 is 22.0 Å². The molecule has 24 heavy (non-hydrogen) atoms. The van der Waals surface area contributed by atoms with Gasteiger partial charge in [-0.1, -0.05) is 6.92 Å². The van der Waals surface area contributed by atoms with Gasteiger partial charge in [-0.25, -0.2) is 0 Å². The molecule has 6 nitrogen and oxygen atoms in total. The molecule has 0 aromatic heterocycles. The molecule has 0 fully saturated rings. The lowest BCUT2D eigenvalue weighted by Gasteiger charge is -2.25. The maximum Gasteiger partial charge on any atom is 0.384 e. The molecule has 2 rings (SSSR count). The van der Waals surface area contributed by atoms with Crippen LogP contribution in [0.5, 0.6) is 11.5 Å². The quantitative estimate of drug-likeness (QED) is 0.652. The minimum Gasteiger partial charge on any atom is -0.464 e. The molecule has 0 aliphatic carbocycles. The molecule has 136 valence electrons. The van der Waals surface area contributed by atoms with Gasteiger partial charge in [-0.05, 0) is 38.5 Å². The second kappa shape index (κ2) is 7.47. The molecule has 1 aromatic carbocycles. The summed E-state index contributed by atoms with van der Waals surface area (Å²) in [4.78, 5) is 0. The number of halogens is 1. The number of fused-ring (bicyclic) bond motifs is 1. The molecule has 1 unspecified atom stereocenters. The molecule has 0 bridgehead atoms. The van der Waals surface area contributed by atoms with E-state index in [1.54, 1.807) is 18.2 Å². The molecule has 0 saturated carbocycles. The number of hydrogen-bond donors (Lipinski definition) is 0. The Kier molecular flexibility index (Phi) is 6.01.